The van der Waals surface area contributed by atoms with Crippen LogP contribution < -0.4 is 4.74 Å². The Kier molecular flexibility index (Phi) is 5.53. The first kappa shape index (κ1) is 24.2. The Morgan fingerprint density at radius 2 is 1.18 bits per heavy atom. The van der Waals surface area contributed by atoms with Crippen LogP contribution in [0, 0.1) is 0 Å². The minimum atomic E-state index is -5.01. The van der Waals surface area contributed by atoms with Gasteiger partial charge in [-0.2, -0.15) is 26.3 Å². The van der Waals surface area contributed by atoms with E-state index in [2.05, 4.69) is 10.2 Å². The first-order chi connectivity index (χ1) is 18.1. The summed E-state index contributed by atoms with van der Waals surface area (Å²) in [5.41, 5.74) is -2.43. The Bertz CT molecular complexity index is 1780. The zero-order chi connectivity index (χ0) is 26.7. The molecule has 6 aromatic rings. The maximum Gasteiger partial charge on any atom is 0.416 e. The second kappa shape index (κ2) is 8.70. The fourth-order valence-electron chi connectivity index (χ4n) is 4.27. The molecule has 2 aromatic heterocycles. The van der Waals surface area contributed by atoms with Gasteiger partial charge in [0.2, 0.25) is 5.88 Å². The van der Waals surface area contributed by atoms with Gasteiger partial charge in [0.1, 0.15) is 11.4 Å². The van der Waals surface area contributed by atoms with Crippen LogP contribution in [0.25, 0.3) is 42.2 Å². The van der Waals surface area contributed by atoms with E-state index >= 15 is 0 Å². The van der Waals surface area contributed by atoms with E-state index in [9.17, 15) is 26.3 Å². The van der Waals surface area contributed by atoms with Gasteiger partial charge in [-0.25, -0.2) is 0 Å². The van der Waals surface area contributed by atoms with Gasteiger partial charge in [0, 0.05) is 15.5 Å². The summed E-state index contributed by atoms with van der Waals surface area (Å²) >= 11 is 1.50. The molecule has 0 spiro atoms. The number of halogens is 6. The van der Waals surface area contributed by atoms with E-state index < -0.39 is 29.2 Å². The fourth-order valence-corrected chi connectivity index (χ4v) is 5.33. The first-order valence-corrected chi connectivity index (χ1v) is 12.0. The second-order valence-corrected chi connectivity index (χ2v) is 9.67. The van der Waals surface area contributed by atoms with Crippen molar-refractivity contribution in [2.75, 3.05) is 0 Å². The monoisotopic (exact) mass is 540 g/mol. The molecule has 0 saturated heterocycles. The third-order valence-electron chi connectivity index (χ3n) is 6.05. The van der Waals surface area contributed by atoms with Crippen LogP contribution in [0.2, 0.25) is 0 Å². The summed E-state index contributed by atoms with van der Waals surface area (Å²) in [4.78, 5) is 0.809. The van der Waals surface area contributed by atoms with Crippen LogP contribution in [0.5, 0.6) is 11.6 Å². The van der Waals surface area contributed by atoms with Gasteiger partial charge in [0.15, 0.2) is 0 Å². The molecule has 0 aliphatic carbocycles. The molecule has 190 valence electrons. The fraction of sp³-hybridized carbons (Fsp3) is 0.0714. The molecule has 0 unspecified atom stereocenters. The number of fused-ring (bicyclic) bond motifs is 3. The molecule has 2 heterocycles. The minimum Gasteiger partial charge on any atom is -0.437 e. The van der Waals surface area contributed by atoms with Crippen LogP contribution in [0.4, 0.5) is 26.3 Å². The average Bonchev–Trinajstić information content (AvgIpc) is 3.31. The van der Waals surface area contributed by atoms with Gasteiger partial charge < -0.3 is 4.74 Å². The van der Waals surface area contributed by atoms with Gasteiger partial charge in [0.05, 0.1) is 16.0 Å². The molecular formula is C28H14F6N2OS. The number of nitrogens with zero attached hydrogens (tertiary/aromatic N) is 2. The van der Waals surface area contributed by atoms with E-state index in [0.29, 0.717) is 28.6 Å². The highest BCUT2D eigenvalue weighted by Crippen LogP contribution is 2.42. The number of hydrogen-bond donors (Lipinski definition) is 0. The summed E-state index contributed by atoms with van der Waals surface area (Å²) in [5, 5.41) is 12.1. The number of aromatic nitrogens is 2. The number of thiophene rings is 1. The van der Waals surface area contributed by atoms with Crippen molar-refractivity contribution < 1.29 is 31.1 Å². The number of alkyl halides is 6. The third-order valence-corrected chi connectivity index (χ3v) is 7.17. The van der Waals surface area contributed by atoms with Crippen LogP contribution in [0.15, 0.2) is 84.9 Å². The standard InChI is InChI=1S/C28H14F6N2OS/c29-27(30,31)18-12-19(28(32,33)34)14-20(13-18)37-26-22-10-16-6-2-1-5-15(16)9-21(22)25(35-36-26)24-11-17-7-3-4-8-23(17)38-24/h1-14H. The molecule has 0 N–H and O–H groups in total. The third kappa shape index (κ3) is 4.41. The maximum atomic E-state index is 13.4. The number of ether oxygens (including phenoxy) is 1. The topological polar surface area (TPSA) is 35.0 Å². The summed E-state index contributed by atoms with van der Waals surface area (Å²) in [6.07, 6.45) is -10.0. The summed E-state index contributed by atoms with van der Waals surface area (Å²) in [5.74, 6) is -0.853. The van der Waals surface area contributed by atoms with Gasteiger partial charge in [-0.1, -0.05) is 42.5 Å². The van der Waals surface area contributed by atoms with Crippen LogP contribution in [-0.4, -0.2) is 10.2 Å². The van der Waals surface area contributed by atoms with Gasteiger partial charge in [0.25, 0.3) is 0 Å². The molecule has 0 saturated carbocycles. The zero-order valence-corrected chi connectivity index (χ0v) is 19.9. The zero-order valence-electron chi connectivity index (χ0n) is 19.1. The summed E-state index contributed by atoms with van der Waals surface area (Å²) in [6.45, 7) is 0. The Morgan fingerprint density at radius 3 is 1.79 bits per heavy atom. The van der Waals surface area contributed by atoms with E-state index in [-0.39, 0.29) is 11.9 Å². The van der Waals surface area contributed by atoms with E-state index in [1.165, 1.54) is 11.3 Å². The van der Waals surface area contributed by atoms with E-state index in [0.717, 1.165) is 25.7 Å². The van der Waals surface area contributed by atoms with E-state index in [1.54, 1.807) is 6.07 Å². The normalized spacial score (nSPS) is 12.5. The molecule has 0 bridgehead atoms. The highest BCUT2D eigenvalue weighted by Gasteiger charge is 2.37. The van der Waals surface area contributed by atoms with Crippen molar-refractivity contribution in [3.05, 3.63) is 96.1 Å². The van der Waals surface area contributed by atoms with E-state index in [4.69, 9.17) is 4.74 Å². The molecule has 10 heteroatoms. The summed E-state index contributed by atoms with van der Waals surface area (Å²) < 4.78 is 86.9. The Hall–Kier alpha value is -4.18. The summed E-state index contributed by atoms with van der Waals surface area (Å²) in [7, 11) is 0. The minimum absolute atomic E-state index is 0.0503. The molecule has 3 nitrogen and oxygen atoms in total. The van der Waals surface area contributed by atoms with Crippen molar-refractivity contribution in [3.8, 4) is 22.2 Å². The first-order valence-electron chi connectivity index (χ1n) is 11.2. The molecule has 6 rings (SSSR count). The van der Waals surface area contributed by atoms with Crippen molar-refractivity contribution in [1.82, 2.24) is 10.2 Å². The second-order valence-electron chi connectivity index (χ2n) is 8.59. The Morgan fingerprint density at radius 1 is 0.605 bits per heavy atom. The van der Waals surface area contributed by atoms with Crippen molar-refractivity contribution in [3.63, 3.8) is 0 Å². The average molecular weight is 540 g/mol. The lowest BCUT2D eigenvalue weighted by atomic mass is 10.0. The van der Waals surface area contributed by atoms with Gasteiger partial charge >= 0.3 is 12.4 Å². The van der Waals surface area contributed by atoms with Crippen molar-refractivity contribution in [2.24, 2.45) is 0 Å². The van der Waals surface area contributed by atoms with Crippen molar-refractivity contribution >= 4 is 43.0 Å². The number of rotatable bonds is 3. The van der Waals surface area contributed by atoms with Gasteiger partial charge in [-0.15, -0.1) is 21.5 Å². The SMILES string of the molecule is FC(F)(F)c1cc(Oc2nnc(-c3cc4ccccc4s3)c3cc4ccccc4cc23)cc(C(F)(F)F)c1. The maximum absolute atomic E-state index is 13.4. The molecule has 38 heavy (non-hydrogen) atoms. The van der Waals surface area contributed by atoms with Crippen LogP contribution >= 0.6 is 11.3 Å². The molecular weight excluding hydrogens is 526 g/mol. The van der Waals surface area contributed by atoms with Crippen LogP contribution in [-0.2, 0) is 12.4 Å². The van der Waals surface area contributed by atoms with Gasteiger partial charge in [-0.05, 0) is 58.6 Å². The Balaban J connectivity index is 1.55. The molecule has 0 aliphatic heterocycles. The number of benzene rings is 4. The van der Waals surface area contributed by atoms with Crippen LogP contribution in [0.1, 0.15) is 11.1 Å². The largest absolute Gasteiger partial charge is 0.437 e. The molecule has 0 aliphatic rings. The molecule has 4 aromatic carbocycles. The molecule has 0 radical (unpaired) electrons. The quantitative estimate of drug-likeness (QED) is 0.166. The Labute approximate surface area is 214 Å². The lowest BCUT2D eigenvalue weighted by Gasteiger charge is -2.15. The van der Waals surface area contributed by atoms with Crippen molar-refractivity contribution in [2.45, 2.75) is 12.4 Å². The molecule has 0 atom stereocenters. The molecule has 0 fully saturated rings. The van der Waals surface area contributed by atoms with Gasteiger partial charge in [-0.3, -0.25) is 0 Å². The highest BCUT2D eigenvalue weighted by atomic mass is 32.1. The lowest BCUT2D eigenvalue weighted by Crippen LogP contribution is -2.11. The highest BCUT2D eigenvalue weighted by molar-refractivity contribution is 7.22. The van der Waals surface area contributed by atoms with E-state index in [1.807, 2.05) is 60.7 Å². The summed E-state index contributed by atoms with van der Waals surface area (Å²) in [6, 6.07) is 21.8. The smallest absolute Gasteiger partial charge is 0.416 e. The lowest BCUT2D eigenvalue weighted by molar-refractivity contribution is -0.143. The number of hydrogen-bond acceptors (Lipinski definition) is 4. The predicted octanol–water partition coefficient (Wildman–Crippen LogP) is 9.49. The molecule has 0 amide bonds. The van der Waals surface area contributed by atoms with Crippen LogP contribution in [0.3, 0.4) is 0 Å². The predicted molar refractivity (Wildman–Crippen MR) is 134 cm³/mol. The van der Waals surface area contributed by atoms with Crippen molar-refractivity contribution in [1.29, 1.82) is 0 Å².